The number of aliphatic hydroxyl groups is 1. The van der Waals surface area contributed by atoms with Crippen molar-refractivity contribution in [2.75, 3.05) is 0 Å². The average molecular weight is 248 g/mol. The largest absolute Gasteiger partial charge is 0.490 e. The quantitative estimate of drug-likeness (QED) is 0.869. The van der Waals surface area contributed by atoms with Gasteiger partial charge in [-0.05, 0) is 56.2 Å². The molecule has 2 rings (SSSR count). The SMILES string of the molecule is CCC1CCC(Oc2cccc([C@H](C)O)c2)CC1. The van der Waals surface area contributed by atoms with Crippen LogP contribution in [0.1, 0.15) is 57.6 Å². The van der Waals surface area contributed by atoms with Gasteiger partial charge in [-0.25, -0.2) is 0 Å². The summed E-state index contributed by atoms with van der Waals surface area (Å²) in [6.45, 7) is 4.06. The van der Waals surface area contributed by atoms with Crippen molar-refractivity contribution in [3.05, 3.63) is 29.8 Å². The molecule has 1 atom stereocenters. The molecule has 0 heterocycles. The van der Waals surface area contributed by atoms with Crippen LogP contribution in [-0.2, 0) is 0 Å². The smallest absolute Gasteiger partial charge is 0.120 e. The van der Waals surface area contributed by atoms with Crippen molar-refractivity contribution in [2.24, 2.45) is 5.92 Å². The summed E-state index contributed by atoms with van der Waals surface area (Å²) in [5.74, 6) is 1.79. The first kappa shape index (κ1) is 13.4. The second kappa shape index (κ2) is 6.24. The molecule has 1 N–H and O–H groups in total. The van der Waals surface area contributed by atoms with E-state index in [1.807, 2.05) is 24.3 Å². The Morgan fingerprint density at radius 1 is 1.28 bits per heavy atom. The summed E-state index contributed by atoms with van der Waals surface area (Å²) in [5.41, 5.74) is 0.926. The molecule has 0 amide bonds. The van der Waals surface area contributed by atoms with Crippen LogP contribution in [0.25, 0.3) is 0 Å². The first-order valence-corrected chi connectivity index (χ1v) is 7.13. The summed E-state index contributed by atoms with van der Waals surface area (Å²) in [6, 6.07) is 7.83. The fourth-order valence-corrected chi connectivity index (χ4v) is 2.70. The van der Waals surface area contributed by atoms with Gasteiger partial charge in [-0.2, -0.15) is 0 Å². The Balaban J connectivity index is 1.92. The predicted molar refractivity (Wildman–Crippen MR) is 73.7 cm³/mol. The fraction of sp³-hybridized carbons (Fsp3) is 0.625. The molecule has 1 aromatic rings. The molecule has 0 saturated heterocycles. The van der Waals surface area contributed by atoms with E-state index in [9.17, 15) is 5.11 Å². The van der Waals surface area contributed by atoms with Gasteiger partial charge in [-0.15, -0.1) is 0 Å². The van der Waals surface area contributed by atoms with Crippen LogP contribution < -0.4 is 4.74 Å². The van der Waals surface area contributed by atoms with Gasteiger partial charge in [0.1, 0.15) is 5.75 Å². The summed E-state index contributed by atoms with van der Waals surface area (Å²) in [6.07, 6.45) is 6.13. The summed E-state index contributed by atoms with van der Waals surface area (Å²) >= 11 is 0. The zero-order chi connectivity index (χ0) is 13.0. The molecule has 0 aromatic heterocycles. The Morgan fingerprint density at radius 2 is 2.00 bits per heavy atom. The van der Waals surface area contributed by atoms with E-state index in [4.69, 9.17) is 4.74 Å². The van der Waals surface area contributed by atoms with Crippen molar-refractivity contribution in [1.82, 2.24) is 0 Å². The highest BCUT2D eigenvalue weighted by Gasteiger charge is 2.21. The van der Waals surface area contributed by atoms with Crippen LogP contribution in [0.4, 0.5) is 0 Å². The first-order chi connectivity index (χ1) is 8.69. The van der Waals surface area contributed by atoms with E-state index in [1.165, 1.54) is 19.3 Å². The maximum atomic E-state index is 9.57. The molecular formula is C16H24O2. The third-order valence-corrected chi connectivity index (χ3v) is 4.01. The van der Waals surface area contributed by atoms with Crippen molar-refractivity contribution in [3.63, 3.8) is 0 Å². The van der Waals surface area contributed by atoms with Gasteiger partial charge in [0.15, 0.2) is 0 Å². The Hall–Kier alpha value is -1.02. The molecular weight excluding hydrogens is 224 g/mol. The monoisotopic (exact) mass is 248 g/mol. The maximum absolute atomic E-state index is 9.57. The number of rotatable bonds is 4. The van der Waals surface area contributed by atoms with E-state index in [-0.39, 0.29) is 0 Å². The first-order valence-electron chi connectivity index (χ1n) is 7.13. The van der Waals surface area contributed by atoms with E-state index >= 15 is 0 Å². The Bertz CT molecular complexity index is 365. The molecule has 100 valence electrons. The molecule has 1 fully saturated rings. The molecule has 0 aliphatic heterocycles. The summed E-state index contributed by atoms with van der Waals surface area (Å²) in [7, 11) is 0. The molecule has 1 saturated carbocycles. The molecule has 0 spiro atoms. The molecule has 1 aliphatic rings. The molecule has 1 aromatic carbocycles. The molecule has 2 nitrogen and oxygen atoms in total. The highest BCUT2D eigenvalue weighted by molar-refractivity contribution is 5.29. The molecule has 18 heavy (non-hydrogen) atoms. The molecule has 2 heteroatoms. The van der Waals surface area contributed by atoms with Gasteiger partial charge < -0.3 is 9.84 Å². The Morgan fingerprint density at radius 3 is 2.61 bits per heavy atom. The highest BCUT2D eigenvalue weighted by Crippen LogP contribution is 2.30. The van der Waals surface area contributed by atoms with Crippen molar-refractivity contribution >= 4 is 0 Å². The van der Waals surface area contributed by atoms with Crippen molar-refractivity contribution < 1.29 is 9.84 Å². The van der Waals surface area contributed by atoms with Crippen LogP contribution in [0.15, 0.2) is 24.3 Å². The van der Waals surface area contributed by atoms with Crippen LogP contribution >= 0.6 is 0 Å². The predicted octanol–water partition coefficient (Wildman–Crippen LogP) is 4.09. The molecule has 0 radical (unpaired) electrons. The second-order valence-electron chi connectivity index (χ2n) is 5.42. The van der Waals surface area contributed by atoms with Crippen LogP contribution in [0.3, 0.4) is 0 Å². The lowest BCUT2D eigenvalue weighted by Crippen LogP contribution is -2.23. The van der Waals surface area contributed by atoms with Gasteiger partial charge >= 0.3 is 0 Å². The van der Waals surface area contributed by atoms with E-state index in [0.29, 0.717) is 6.10 Å². The topological polar surface area (TPSA) is 29.5 Å². The zero-order valence-corrected chi connectivity index (χ0v) is 11.4. The maximum Gasteiger partial charge on any atom is 0.120 e. The third kappa shape index (κ3) is 3.49. The summed E-state index contributed by atoms with van der Waals surface area (Å²) in [4.78, 5) is 0. The van der Waals surface area contributed by atoms with Gasteiger partial charge in [0.2, 0.25) is 0 Å². The van der Waals surface area contributed by atoms with Crippen LogP contribution in [-0.4, -0.2) is 11.2 Å². The van der Waals surface area contributed by atoms with Crippen molar-refractivity contribution in [2.45, 2.75) is 58.2 Å². The normalized spacial score (nSPS) is 25.7. The van der Waals surface area contributed by atoms with Crippen molar-refractivity contribution in [3.8, 4) is 5.75 Å². The highest BCUT2D eigenvalue weighted by atomic mass is 16.5. The van der Waals surface area contributed by atoms with Gasteiger partial charge in [0.25, 0.3) is 0 Å². The Kier molecular flexibility index (Phi) is 4.65. The summed E-state index contributed by atoms with van der Waals surface area (Å²) in [5, 5.41) is 9.57. The minimum Gasteiger partial charge on any atom is -0.490 e. The third-order valence-electron chi connectivity index (χ3n) is 4.01. The van der Waals surface area contributed by atoms with Crippen molar-refractivity contribution in [1.29, 1.82) is 0 Å². The number of hydrogen-bond donors (Lipinski definition) is 1. The standard InChI is InChI=1S/C16H24O2/c1-3-13-7-9-15(10-8-13)18-16-6-4-5-14(11-16)12(2)17/h4-6,11-13,15,17H,3,7-10H2,1-2H3/t12-,13?,15?/m0/s1. The number of hydrogen-bond acceptors (Lipinski definition) is 2. The van der Waals surface area contributed by atoms with Gasteiger partial charge in [0, 0.05) is 0 Å². The van der Waals surface area contributed by atoms with E-state index in [1.54, 1.807) is 6.92 Å². The Labute approximate surface area is 110 Å². The molecule has 1 aliphatic carbocycles. The lowest BCUT2D eigenvalue weighted by molar-refractivity contribution is 0.129. The van der Waals surface area contributed by atoms with E-state index < -0.39 is 6.10 Å². The van der Waals surface area contributed by atoms with Gasteiger partial charge in [0.05, 0.1) is 12.2 Å². The minimum absolute atomic E-state index is 0.358. The minimum atomic E-state index is -0.427. The van der Waals surface area contributed by atoms with Crippen LogP contribution in [0.2, 0.25) is 0 Å². The number of ether oxygens (including phenoxy) is 1. The molecule has 0 bridgehead atoms. The second-order valence-corrected chi connectivity index (χ2v) is 5.42. The van der Waals surface area contributed by atoms with E-state index in [2.05, 4.69) is 6.92 Å². The van der Waals surface area contributed by atoms with Crippen LogP contribution in [0.5, 0.6) is 5.75 Å². The number of benzene rings is 1. The van der Waals surface area contributed by atoms with Gasteiger partial charge in [-0.1, -0.05) is 25.5 Å². The fourth-order valence-electron chi connectivity index (χ4n) is 2.70. The lowest BCUT2D eigenvalue weighted by atomic mass is 9.86. The van der Waals surface area contributed by atoms with Crippen LogP contribution in [0, 0.1) is 5.92 Å². The number of aliphatic hydroxyl groups excluding tert-OH is 1. The lowest BCUT2D eigenvalue weighted by Gasteiger charge is -2.28. The van der Waals surface area contributed by atoms with E-state index in [0.717, 1.165) is 30.1 Å². The molecule has 0 unspecified atom stereocenters. The van der Waals surface area contributed by atoms with Gasteiger partial charge in [-0.3, -0.25) is 0 Å². The summed E-state index contributed by atoms with van der Waals surface area (Å²) < 4.78 is 6.03. The average Bonchev–Trinajstić information content (AvgIpc) is 2.40. The zero-order valence-electron chi connectivity index (χ0n) is 11.4.